The van der Waals surface area contributed by atoms with Crippen molar-refractivity contribution < 1.29 is 9.53 Å². The summed E-state index contributed by atoms with van der Waals surface area (Å²) < 4.78 is 5.11. The molecule has 0 aromatic heterocycles. The number of carbonyl (C=O) groups excluding carboxylic acids is 1. The lowest BCUT2D eigenvalue weighted by atomic mass is 9.86. The Labute approximate surface area is 110 Å². The summed E-state index contributed by atoms with van der Waals surface area (Å²) in [5.41, 5.74) is -0.439. The van der Waals surface area contributed by atoms with Crippen LogP contribution in [0.3, 0.4) is 0 Å². The molecule has 0 unspecified atom stereocenters. The van der Waals surface area contributed by atoms with Gasteiger partial charge >= 0.3 is 6.09 Å². The van der Waals surface area contributed by atoms with E-state index < -0.39 is 5.60 Å². The van der Waals surface area contributed by atoms with Crippen LogP contribution in [0.2, 0.25) is 0 Å². The fourth-order valence-corrected chi connectivity index (χ4v) is 1.47. The molecule has 0 aromatic rings. The SMILES string of the molecule is CC(C)(C)OC(=O)NCCNCC#CC1CCC1. The predicted octanol–water partition coefficient (Wildman–Crippen LogP) is 1.90. The van der Waals surface area contributed by atoms with E-state index in [2.05, 4.69) is 22.5 Å². The average Bonchev–Trinajstić information content (AvgIpc) is 2.16. The maximum absolute atomic E-state index is 11.3. The van der Waals surface area contributed by atoms with Gasteiger partial charge < -0.3 is 15.4 Å². The third kappa shape index (κ3) is 7.18. The maximum atomic E-state index is 11.3. The number of rotatable bonds is 4. The summed E-state index contributed by atoms with van der Waals surface area (Å²) in [5, 5.41) is 5.85. The molecule has 1 fully saturated rings. The van der Waals surface area contributed by atoms with Gasteiger partial charge in [-0.25, -0.2) is 4.79 Å². The van der Waals surface area contributed by atoms with Gasteiger partial charge in [-0.3, -0.25) is 0 Å². The number of alkyl carbamates (subject to hydrolysis) is 1. The molecule has 1 aliphatic rings. The number of hydrogen-bond acceptors (Lipinski definition) is 3. The van der Waals surface area contributed by atoms with E-state index in [1.54, 1.807) is 0 Å². The summed E-state index contributed by atoms with van der Waals surface area (Å²) in [6.07, 6.45) is 3.47. The van der Waals surface area contributed by atoms with Crippen LogP contribution in [0, 0.1) is 17.8 Å². The fourth-order valence-electron chi connectivity index (χ4n) is 1.47. The Hall–Kier alpha value is -1.21. The zero-order valence-corrected chi connectivity index (χ0v) is 11.6. The van der Waals surface area contributed by atoms with Crippen LogP contribution in [-0.2, 0) is 4.74 Å². The minimum atomic E-state index is -0.439. The van der Waals surface area contributed by atoms with E-state index in [-0.39, 0.29) is 6.09 Å². The first-order valence-electron chi connectivity index (χ1n) is 6.63. The summed E-state index contributed by atoms with van der Waals surface area (Å²) in [5.74, 6) is 6.97. The Bertz CT molecular complexity index is 319. The van der Waals surface area contributed by atoms with Gasteiger partial charge in [0, 0.05) is 19.0 Å². The van der Waals surface area contributed by atoms with E-state index in [9.17, 15) is 4.79 Å². The quantitative estimate of drug-likeness (QED) is 0.593. The van der Waals surface area contributed by atoms with Gasteiger partial charge in [-0.15, -0.1) is 0 Å². The summed E-state index contributed by atoms with van der Waals surface area (Å²) in [6.45, 7) is 7.49. The van der Waals surface area contributed by atoms with Crippen molar-refractivity contribution in [2.75, 3.05) is 19.6 Å². The van der Waals surface area contributed by atoms with Crippen molar-refractivity contribution in [3.8, 4) is 11.8 Å². The molecule has 1 aliphatic carbocycles. The van der Waals surface area contributed by atoms with Crippen LogP contribution in [0.15, 0.2) is 0 Å². The van der Waals surface area contributed by atoms with Crippen LogP contribution < -0.4 is 10.6 Å². The van der Waals surface area contributed by atoms with Crippen molar-refractivity contribution in [2.45, 2.75) is 45.6 Å². The van der Waals surface area contributed by atoms with Crippen LogP contribution in [0.1, 0.15) is 40.0 Å². The molecular formula is C14H24N2O2. The first-order chi connectivity index (χ1) is 8.47. The molecule has 1 amide bonds. The molecule has 0 spiro atoms. The van der Waals surface area contributed by atoms with Crippen molar-refractivity contribution >= 4 is 6.09 Å². The van der Waals surface area contributed by atoms with Crippen molar-refractivity contribution in [1.29, 1.82) is 0 Å². The van der Waals surface area contributed by atoms with Gasteiger partial charge in [0.1, 0.15) is 5.60 Å². The molecule has 1 rings (SSSR count). The first-order valence-corrected chi connectivity index (χ1v) is 6.63. The number of nitrogens with one attached hydrogen (secondary N) is 2. The van der Waals surface area contributed by atoms with Gasteiger partial charge in [0.15, 0.2) is 0 Å². The Kier molecular flexibility index (Phi) is 6.00. The summed E-state index contributed by atoms with van der Waals surface area (Å²) in [4.78, 5) is 11.3. The molecule has 0 saturated heterocycles. The largest absolute Gasteiger partial charge is 0.444 e. The highest BCUT2D eigenvalue weighted by Gasteiger charge is 2.15. The molecule has 18 heavy (non-hydrogen) atoms. The summed E-state index contributed by atoms with van der Waals surface area (Å²) >= 11 is 0. The van der Waals surface area contributed by atoms with E-state index in [4.69, 9.17) is 4.74 Å². The van der Waals surface area contributed by atoms with Gasteiger partial charge in [0.25, 0.3) is 0 Å². The van der Waals surface area contributed by atoms with Crippen LogP contribution in [0.5, 0.6) is 0 Å². The topological polar surface area (TPSA) is 50.4 Å². The highest BCUT2D eigenvalue weighted by molar-refractivity contribution is 5.67. The fraction of sp³-hybridized carbons (Fsp3) is 0.786. The Morgan fingerprint density at radius 1 is 1.33 bits per heavy atom. The molecule has 0 atom stereocenters. The molecule has 2 N–H and O–H groups in total. The summed E-state index contributed by atoms with van der Waals surface area (Å²) in [7, 11) is 0. The zero-order valence-electron chi connectivity index (χ0n) is 11.6. The minimum absolute atomic E-state index is 0.371. The lowest BCUT2D eigenvalue weighted by molar-refractivity contribution is 0.0528. The maximum Gasteiger partial charge on any atom is 0.407 e. The van der Waals surface area contributed by atoms with Crippen LogP contribution in [0.25, 0.3) is 0 Å². The second-order valence-corrected chi connectivity index (χ2v) is 5.55. The third-order valence-electron chi connectivity index (χ3n) is 2.59. The molecule has 102 valence electrons. The van der Waals surface area contributed by atoms with Gasteiger partial charge in [-0.2, -0.15) is 0 Å². The molecule has 0 radical (unpaired) electrons. The van der Waals surface area contributed by atoms with Crippen LogP contribution in [0.4, 0.5) is 4.79 Å². The Morgan fingerprint density at radius 2 is 2.06 bits per heavy atom. The van der Waals surface area contributed by atoms with Crippen molar-refractivity contribution in [2.24, 2.45) is 5.92 Å². The predicted molar refractivity (Wildman–Crippen MR) is 72.2 cm³/mol. The Balaban J connectivity index is 1.94. The van der Waals surface area contributed by atoms with Crippen LogP contribution >= 0.6 is 0 Å². The summed E-state index contributed by atoms with van der Waals surface area (Å²) in [6, 6.07) is 0. The normalized spacial score (nSPS) is 15.3. The molecule has 0 heterocycles. The van der Waals surface area contributed by atoms with Crippen molar-refractivity contribution in [3.05, 3.63) is 0 Å². The standard InChI is InChI=1S/C14H24N2O2/c1-14(2,3)18-13(17)16-11-10-15-9-5-8-12-6-4-7-12/h12,15H,4,6-7,9-11H2,1-3H3,(H,16,17). The zero-order chi connectivity index (χ0) is 13.4. The minimum Gasteiger partial charge on any atom is -0.444 e. The first kappa shape index (κ1) is 14.8. The van der Waals surface area contributed by atoms with E-state index in [0.29, 0.717) is 25.6 Å². The van der Waals surface area contributed by atoms with Crippen molar-refractivity contribution in [3.63, 3.8) is 0 Å². The van der Waals surface area contributed by atoms with E-state index in [1.165, 1.54) is 19.3 Å². The highest BCUT2D eigenvalue weighted by Crippen LogP contribution is 2.24. The smallest absolute Gasteiger partial charge is 0.407 e. The molecule has 1 saturated carbocycles. The van der Waals surface area contributed by atoms with E-state index in [1.807, 2.05) is 20.8 Å². The molecular weight excluding hydrogens is 228 g/mol. The van der Waals surface area contributed by atoms with Crippen molar-refractivity contribution in [1.82, 2.24) is 10.6 Å². The molecule has 0 aromatic carbocycles. The Morgan fingerprint density at radius 3 is 2.61 bits per heavy atom. The van der Waals surface area contributed by atoms with Crippen LogP contribution in [-0.4, -0.2) is 31.3 Å². The van der Waals surface area contributed by atoms with Gasteiger partial charge in [0.05, 0.1) is 6.54 Å². The van der Waals surface area contributed by atoms with Gasteiger partial charge in [-0.05, 0) is 33.6 Å². The second-order valence-electron chi connectivity index (χ2n) is 5.55. The molecule has 4 nitrogen and oxygen atoms in total. The second kappa shape index (κ2) is 7.27. The number of hydrogen-bond donors (Lipinski definition) is 2. The monoisotopic (exact) mass is 252 g/mol. The molecule has 4 heteroatoms. The lowest BCUT2D eigenvalue weighted by Gasteiger charge is -2.19. The van der Waals surface area contributed by atoms with Gasteiger partial charge in [-0.1, -0.05) is 18.3 Å². The van der Waals surface area contributed by atoms with E-state index >= 15 is 0 Å². The lowest BCUT2D eigenvalue weighted by Crippen LogP contribution is -2.36. The average molecular weight is 252 g/mol. The molecule has 0 bridgehead atoms. The number of carbonyl (C=O) groups is 1. The number of ether oxygens (including phenoxy) is 1. The third-order valence-corrected chi connectivity index (χ3v) is 2.59. The molecule has 0 aliphatic heterocycles. The number of amides is 1. The van der Waals surface area contributed by atoms with Gasteiger partial charge in [0.2, 0.25) is 0 Å². The van der Waals surface area contributed by atoms with E-state index in [0.717, 1.165) is 0 Å². The highest BCUT2D eigenvalue weighted by atomic mass is 16.6.